The number of amides is 1. The van der Waals surface area contributed by atoms with Gasteiger partial charge in [0.1, 0.15) is 5.76 Å². The molecule has 1 saturated carbocycles. The Bertz CT molecular complexity index is 1020. The summed E-state index contributed by atoms with van der Waals surface area (Å²) in [4.78, 5) is 24.0. The van der Waals surface area contributed by atoms with Crippen molar-refractivity contribution in [2.45, 2.75) is 51.1 Å². The average Bonchev–Trinajstić information content (AvgIpc) is 3.26. The molecule has 0 saturated heterocycles. The minimum Gasteiger partial charge on any atom is -0.448 e. The molecule has 1 aliphatic carbocycles. The molecule has 0 spiro atoms. The first kappa shape index (κ1) is 19.2. The predicted molar refractivity (Wildman–Crippen MR) is 115 cm³/mol. The molecule has 1 aromatic carbocycles. The molecule has 6 nitrogen and oxygen atoms in total. The number of fused-ring (bicyclic) bond motifs is 2. The maximum atomic E-state index is 12.9. The molecule has 0 radical (unpaired) electrons. The number of hydrogen-bond acceptors (Lipinski definition) is 5. The molecule has 2 aliphatic rings. The first-order valence-electron chi connectivity index (χ1n) is 11.0. The molecule has 3 heterocycles. The summed E-state index contributed by atoms with van der Waals surface area (Å²) in [7, 11) is 0. The predicted octanol–water partition coefficient (Wildman–Crippen LogP) is 3.96. The first-order valence-corrected chi connectivity index (χ1v) is 11.0. The zero-order chi connectivity index (χ0) is 20.3. The smallest absolute Gasteiger partial charge is 0.252 e. The zero-order valence-electron chi connectivity index (χ0n) is 17.2. The van der Waals surface area contributed by atoms with E-state index in [1.54, 1.807) is 12.6 Å². The van der Waals surface area contributed by atoms with Crippen LogP contribution < -0.4 is 5.32 Å². The van der Waals surface area contributed by atoms with Crippen molar-refractivity contribution in [3.63, 3.8) is 0 Å². The van der Waals surface area contributed by atoms with Crippen LogP contribution in [-0.4, -0.2) is 39.9 Å². The molecule has 0 unspecified atom stereocenters. The minimum absolute atomic E-state index is 0.0220. The Balaban J connectivity index is 1.10. The minimum atomic E-state index is 0.0220. The van der Waals surface area contributed by atoms with Crippen molar-refractivity contribution in [2.75, 3.05) is 13.1 Å². The van der Waals surface area contributed by atoms with Gasteiger partial charge in [0, 0.05) is 42.7 Å². The van der Waals surface area contributed by atoms with Gasteiger partial charge in [0.05, 0.1) is 11.2 Å². The molecule has 2 aromatic heterocycles. The molecule has 1 N–H and O–H groups in total. The van der Waals surface area contributed by atoms with Gasteiger partial charge in [-0.3, -0.25) is 14.7 Å². The Morgan fingerprint density at radius 3 is 2.93 bits per heavy atom. The molecule has 1 amide bonds. The summed E-state index contributed by atoms with van der Waals surface area (Å²) in [5, 5.41) is 4.18. The van der Waals surface area contributed by atoms with Crippen LogP contribution in [0, 0.1) is 5.92 Å². The standard InChI is InChI=1S/C24H28N4O2/c29-24(20-3-1-5-21-19(20)4-2-12-25-21)27-18-8-6-17(7-9-18)10-13-28-14-11-23-22(15-28)26-16-30-23/h1-5,12,16-18H,6-11,13-15H2,(H,27,29)/t17-,18-. The number of aromatic nitrogens is 2. The third-order valence-electron chi connectivity index (χ3n) is 6.68. The highest BCUT2D eigenvalue weighted by atomic mass is 16.3. The second kappa shape index (κ2) is 8.56. The molecular weight excluding hydrogens is 376 g/mol. The lowest BCUT2D eigenvalue weighted by atomic mass is 9.84. The van der Waals surface area contributed by atoms with E-state index >= 15 is 0 Å². The highest BCUT2D eigenvalue weighted by Crippen LogP contribution is 2.28. The van der Waals surface area contributed by atoms with Crippen LogP contribution in [0.4, 0.5) is 0 Å². The SMILES string of the molecule is O=C(N[C@H]1CC[C@H](CCN2CCc3ocnc3C2)CC1)c1cccc2ncccc12. The van der Waals surface area contributed by atoms with Gasteiger partial charge in [0.2, 0.25) is 0 Å². The molecule has 1 fully saturated rings. The Hall–Kier alpha value is -2.73. The number of nitrogens with one attached hydrogen (secondary N) is 1. The van der Waals surface area contributed by atoms with E-state index in [-0.39, 0.29) is 11.9 Å². The van der Waals surface area contributed by atoms with Gasteiger partial charge in [-0.05, 0) is 62.8 Å². The Kier molecular flexibility index (Phi) is 5.49. The van der Waals surface area contributed by atoms with Crippen LogP contribution in [0.15, 0.2) is 47.3 Å². The lowest BCUT2D eigenvalue weighted by molar-refractivity contribution is 0.0921. The number of oxazole rings is 1. The fourth-order valence-corrected chi connectivity index (χ4v) is 4.89. The van der Waals surface area contributed by atoms with E-state index in [0.29, 0.717) is 0 Å². The first-order chi connectivity index (χ1) is 14.8. The van der Waals surface area contributed by atoms with Crippen LogP contribution in [0.5, 0.6) is 0 Å². The average molecular weight is 405 g/mol. The Labute approximate surface area is 176 Å². The quantitative estimate of drug-likeness (QED) is 0.697. The second-order valence-electron chi connectivity index (χ2n) is 8.60. The van der Waals surface area contributed by atoms with Crippen LogP contribution in [0.25, 0.3) is 10.9 Å². The van der Waals surface area contributed by atoms with Gasteiger partial charge >= 0.3 is 0 Å². The fourth-order valence-electron chi connectivity index (χ4n) is 4.89. The molecule has 1 aliphatic heterocycles. The summed E-state index contributed by atoms with van der Waals surface area (Å²) in [5.74, 6) is 1.83. The van der Waals surface area contributed by atoms with Crippen molar-refractivity contribution in [3.05, 3.63) is 59.9 Å². The van der Waals surface area contributed by atoms with Crippen LogP contribution in [0.1, 0.15) is 53.9 Å². The highest BCUT2D eigenvalue weighted by Gasteiger charge is 2.25. The van der Waals surface area contributed by atoms with E-state index in [2.05, 4.69) is 20.2 Å². The lowest BCUT2D eigenvalue weighted by Gasteiger charge is -2.31. The lowest BCUT2D eigenvalue weighted by Crippen LogP contribution is -2.38. The number of benzene rings is 1. The maximum Gasteiger partial charge on any atom is 0.252 e. The van der Waals surface area contributed by atoms with E-state index < -0.39 is 0 Å². The number of carbonyl (C=O) groups is 1. The summed E-state index contributed by atoms with van der Waals surface area (Å²) >= 11 is 0. The van der Waals surface area contributed by atoms with Gasteiger partial charge < -0.3 is 9.73 Å². The van der Waals surface area contributed by atoms with Gasteiger partial charge in [-0.25, -0.2) is 4.98 Å². The number of carbonyl (C=O) groups excluding carboxylic acids is 1. The fraction of sp³-hybridized carbons (Fsp3) is 0.458. The van der Waals surface area contributed by atoms with Crippen LogP contribution in [0.3, 0.4) is 0 Å². The zero-order valence-corrected chi connectivity index (χ0v) is 17.2. The molecule has 0 atom stereocenters. The molecule has 6 heteroatoms. The van der Waals surface area contributed by atoms with Gasteiger partial charge in [0.25, 0.3) is 5.91 Å². The normalized spacial score (nSPS) is 22.0. The van der Waals surface area contributed by atoms with Crippen molar-refractivity contribution >= 4 is 16.8 Å². The third kappa shape index (κ3) is 4.10. The summed E-state index contributed by atoms with van der Waals surface area (Å²) in [6.07, 6.45) is 10.0. The van der Waals surface area contributed by atoms with Gasteiger partial charge in [0.15, 0.2) is 6.39 Å². The Morgan fingerprint density at radius 1 is 1.13 bits per heavy atom. The third-order valence-corrected chi connectivity index (χ3v) is 6.68. The van der Waals surface area contributed by atoms with Crippen LogP contribution >= 0.6 is 0 Å². The maximum absolute atomic E-state index is 12.9. The van der Waals surface area contributed by atoms with Crippen molar-refractivity contribution in [3.8, 4) is 0 Å². The van der Waals surface area contributed by atoms with E-state index in [1.165, 1.54) is 19.3 Å². The van der Waals surface area contributed by atoms with Gasteiger partial charge in [-0.1, -0.05) is 12.1 Å². The largest absolute Gasteiger partial charge is 0.448 e. The molecule has 156 valence electrons. The highest BCUT2D eigenvalue weighted by molar-refractivity contribution is 6.06. The molecule has 5 rings (SSSR count). The number of pyridine rings is 1. The topological polar surface area (TPSA) is 71.3 Å². The van der Waals surface area contributed by atoms with Gasteiger partial charge in [-0.2, -0.15) is 0 Å². The molecular formula is C24H28N4O2. The monoisotopic (exact) mass is 404 g/mol. The van der Waals surface area contributed by atoms with E-state index in [0.717, 1.165) is 72.7 Å². The van der Waals surface area contributed by atoms with Gasteiger partial charge in [-0.15, -0.1) is 0 Å². The van der Waals surface area contributed by atoms with Crippen molar-refractivity contribution < 1.29 is 9.21 Å². The summed E-state index contributed by atoms with van der Waals surface area (Å²) in [5.41, 5.74) is 2.70. The second-order valence-corrected chi connectivity index (χ2v) is 8.60. The molecule has 3 aromatic rings. The number of rotatable bonds is 5. The van der Waals surface area contributed by atoms with Crippen molar-refractivity contribution in [2.24, 2.45) is 5.92 Å². The van der Waals surface area contributed by atoms with E-state index in [4.69, 9.17) is 4.42 Å². The summed E-state index contributed by atoms with van der Waals surface area (Å²) in [6.45, 7) is 3.10. The summed E-state index contributed by atoms with van der Waals surface area (Å²) < 4.78 is 5.42. The van der Waals surface area contributed by atoms with E-state index in [1.807, 2.05) is 30.3 Å². The van der Waals surface area contributed by atoms with Crippen molar-refractivity contribution in [1.29, 1.82) is 0 Å². The van der Waals surface area contributed by atoms with Crippen LogP contribution in [-0.2, 0) is 13.0 Å². The number of hydrogen-bond donors (Lipinski definition) is 1. The summed E-state index contributed by atoms with van der Waals surface area (Å²) in [6, 6.07) is 9.87. The van der Waals surface area contributed by atoms with E-state index in [9.17, 15) is 4.79 Å². The Morgan fingerprint density at radius 2 is 2.03 bits per heavy atom. The van der Waals surface area contributed by atoms with Crippen molar-refractivity contribution in [1.82, 2.24) is 20.2 Å². The van der Waals surface area contributed by atoms with Crippen LogP contribution in [0.2, 0.25) is 0 Å². The number of nitrogens with zero attached hydrogens (tertiary/aromatic N) is 3. The molecule has 0 bridgehead atoms. The molecule has 30 heavy (non-hydrogen) atoms.